The molecule has 0 aliphatic rings. The summed E-state index contributed by atoms with van der Waals surface area (Å²) in [7, 11) is 1.66. The van der Waals surface area contributed by atoms with E-state index in [9.17, 15) is 0 Å². The summed E-state index contributed by atoms with van der Waals surface area (Å²) in [5.41, 5.74) is 6.14. The maximum Gasteiger partial charge on any atom is 0.0775 e. The summed E-state index contributed by atoms with van der Waals surface area (Å²) in [6.07, 6.45) is 0.991. The first-order valence-corrected chi connectivity index (χ1v) is 6.37. The number of rotatable bonds is 9. The molecule has 17 heavy (non-hydrogen) atoms. The normalized spacial score (nSPS) is 15.9. The van der Waals surface area contributed by atoms with Gasteiger partial charge in [-0.05, 0) is 11.8 Å². The van der Waals surface area contributed by atoms with Crippen LogP contribution in [-0.4, -0.2) is 45.7 Å². The summed E-state index contributed by atoms with van der Waals surface area (Å²) in [5.74, 6) is 0. The van der Waals surface area contributed by atoms with Crippen LogP contribution in [0, 0.1) is 5.41 Å². The number of nitrogens with two attached hydrogens (primary N) is 1. The van der Waals surface area contributed by atoms with Crippen LogP contribution in [0.2, 0.25) is 0 Å². The molecule has 4 heteroatoms. The van der Waals surface area contributed by atoms with Gasteiger partial charge in [0.2, 0.25) is 0 Å². The largest absolute Gasteiger partial charge is 0.382 e. The molecular formula is C13H29NO3. The lowest BCUT2D eigenvalue weighted by Gasteiger charge is -2.34. The van der Waals surface area contributed by atoms with Gasteiger partial charge in [0, 0.05) is 13.2 Å². The van der Waals surface area contributed by atoms with Crippen LogP contribution in [0.15, 0.2) is 0 Å². The summed E-state index contributed by atoms with van der Waals surface area (Å²) in [4.78, 5) is 0. The predicted molar refractivity (Wildman–Crippen MR) is 70.2 cm³/mol. The number of hydrogen-bond donors (Lipinski definition) is 1. The molecule has 0 amide bonds. The molecule has 0 saturated carbocycles. The molecule has 4 nitrogen and oxygen atoms in total. The third-order valence-corrected chi connectivity index (χ3v) is 2.67. The first kappa shape index (κ1) is 16.8. The van der Waals surface area contributed by atoms with Crippen LogP contribution in [0.1, 0.15) is 34.1 Å². The van der Waals surface area contributed by atoms with Gasteiger partial charge in [0.15, 0.2) is 0 Å². The Bertz CT molecular complexity index is 180. The van der Waals surface area contributed by atoms with Crippen molar-refractivity contribution in [3.05, 3.63) is 0 Å². The highest BCUT2D eigenvalue weighted by atomic mass is 16.5. The highest BCUT2D eigenvalue weighted by Gasteiger charge is 2.29. The van der Waals surface area contributed by atoms with Crippen LogP contribution in [0.4, 0.5) is 0 Å². The molecular weight excluding hydrogens is 218 g/mol. The van der Waals surface area contributed by atoms with Crippen molar-refractivity contribution in [2.45, 2.75) is 46.3 Å². The van der Waals surface area contributed by atoms with Gasteiger partial charge in [0.1, 0.15) is 0 Å². The lowest BCUT2D eigenvalue weighted by molar-refractivity contribution is -0.0592. The molecule has 2 unspecified atom stereocenters. The molecule has 2 N–H and O–H groups in total. The Morgan fingerprint density at radius 3 is 2.12 bits per heavy atom. The van der Waals surface area contributed by atoms with E-state index in [4.69, 9.17) is 19.9 Å². The molecule has 0 aromatic heterocycles. The molecule has 0 aromatic carbocycles. The SMILES string of the molecule is CCC(N)C(OCCOCCOC)C(C)(C)C. The van der Waals surface area contributed by atoms with Gasteiger partial charge in [-0.25, -0.2) is 0 Å². The quantitative estimate of drug-likeness (QED) is 0.631. The fraction of sp³-hybridized carbons (Fsp3) is 1.00. The highest BCUT2D eigenvalue weighted by Crippen LogP contribution is 2.25. The van der Waals surface area contributed by atoms with Crippen molar-refractivity contribution in [1.29, 1.82) is 0 Å². The Labute approximate surface area is 106 Å². The topological polar surface area (TPSA) is 53.7 Å². The summed E-state index contributed by atoms with van der Waals surface area (Å²) < 4.78 is 16.1. The van der Waals surface area contributed by atoms with Gasteiger partial charge in [-0.1, -0.05) is 27.7 Å². The van der Waals surface area contributed by atoms with Crippen LogP contribution in [0.3, 0.4) is 0 Å². The predicted octanol–water partition coefficient (Wildman–Crippen LogP) is 1.82. The lowest BCUT2D eigenvalue weighted by atomic mass is 9.84. The summed E-state index contributed by atoms with van der Waals surface area (Å²) in [6, 6.07) is 0.0778. The summed E-state index contributed by atoms with van der Waals surface area (Å²) in [6.45, 7) is 10.9. The van der Waals surface area contributed by atoms with Crippen molar-refractivity contribution in [1.82, 2.24) is 0 Å². The molecule has 0 fully saturated rings. The van der Waals surface area contributed by atoms with Crippen molar-refractivity contribution in [3.63, 3.8) is 0 Å². The Morgan fingerprint density at radius 2 is 1.65 bits per heavy atom. The van der Waals surface area contributed by atoms with Gasteiger partial charge in [0.05, 0.1) is 32.5 Å². The van der Waals surface area contributed by atoms with Crippen molar-refractivity contribution in [2.24, 2.45) is 11.1 Å². The highest BCUT2D eigenvalue weighted by molar-refractivity contribution is 4.83. The van der Waals surface area contributed by atoms with E-state index < -0.39 is 0 Å². The molecule has 0 rings (SSSR count). The minimum Gasteiger partial charge on any atom is -0.382 e. The maximum absolute atomic E-state index is 6.08. The van der Waals surface area contributed by atoms with Crippen LogP contribution in [0.25, 0.3) is 0 Å². The molecule has 0 heterocycles. The second-order valence-corrected chi connectivity index (χ2v) is 5.33. The zero-order valence-corrected chi connectivity index (χ0v) is 12.0. The minimum atomic E-state index is 0.0575. The summed E-state index contributed by atoms with van der Waals surface area (Å²) >= 11 is 0. The minimum absolute atomic E-state index is 0.0575. The molecule has 0 spiro atoms. The fourth-order valence-electron chi connectivity index (χ4n) is 1.71. The molecule has 0 bridgehead atoms. The van der Waals surface area contributed by atoms with E-state index in [-0.39, 0.29) is 17.6 Å². The van der Waals surface area contributed by atoms with Crippen molar-refractivity contribution < 1.29 is 14.2 Å². The molecule has 0 saturated heterocycles. The molecule has 104 valence electrons. The van der Waals surface area contributed by atoms with Gasteiger partial charge < -0.3 is 19.9 Å². The number of methoxy groups -OCH3 is 1. The van der Waals surface area contributed by atoms with E-state index in [0.29, 0.717) is 26.4 Å². The van der Waals surface area contributed by atoms with E-state index in [1.165, 1.54) is 0 Å². The monoisotopic (exact) mass is 247 g/mol. The van der Waals surface area contributed by atoms with Gasteiger partial charge >= 0.3 is 0 Å². The first-order chi connectivity index (χ1) is 7.93. The average Bonchev–Trinajstić information content (AvgIpc) is 2.25. The molecule has 0 aliphatic carbocycles. The van der Waals surface area contributed by atoms with Crippen LogP contribution in [0.5, 0.6) is 0 Å². The van der Waals surface area contributed by atoms with Gasteiger partial charge in [-0.2, -0.15) is 0 Å². The van der Waals surface area contributed by atoms with E-state index in [1.54, 1.807) is 7.11 Å². The van der Waals surface area contributed by atoms with Crippen LogP contribution in [-0.2, 0) is 14.2 Å². The Kier molecular flexibility index (Phi) is 8.78. The van der Waals surface area contributed by atoms with Crippen molar-refractivity contribution >= 4 is 0 Å². The molecule has 0 radical (unpaired) electrons. The number of hydrogen-bond acceptors (Lipinski definition) is 4. The number of ether oxygens (including phenoxy) is 3. The second-order valence-electron chi connectivity index (χ2n) is 5.33. The standard InChI is InChI=1S/C13H29NO3/c1-6-11(14)12(13(2,3)4)17-10-9-16-8-7-15-5/h11-12H,6-10,14H2,1-5H3. The smallest absolute Gasteiger partial charge is 0.0775 e. The van der Waals surface area contributed by atoms with Crippen molar-refractivity contribution in [2.75, 3.05) is 33.5 Å². The Morgan fingerprint density at radius 1 is 1.06 bits per heavy atom. The van der Waals surface area contributed by atoms with E-state index >= 15 is 0 Å². The third kappa shape index (κ3) is 7.71. The van der Waals surface area contributed by atoms with Crippen LogP contribution < -0.4 is 5.73 Å². The Balaban J connectivity index is 3.86. The lowest BCUT2D eigenvalue weighted by Crippen LogP contribution is -2.45. The van der Waals surface area contributed by atoms with Crippen molar-refractivity contribution in [3.8, 4) is 0 Å². The van der Waals surface area contributed by atoms with Gasteiger partial charge in [-0.3, -0.25) is 0 Å². The van der Waals surface area contributed by atoms with E-state index in [1.807, 2.05) is 0 Å². The second kappa shape index (κ2) is 8.86. The molecule has 2 atom stereocenters. The third-order valence-electron chi connectivity index (χ3n) is 2.67. The average molecular weight is 247 g/mol. The molecule has 0 aliphatic heterocycles. The Hall–Kier alpha value is -0.160. The van der Waals surface area contributed by atoms with Gasteiger partial charge in [-0.15, -0.1) is 0 Å². The zero-order chi connectivity index (χ0) is 13.3. The van der Waals surface area contributed by atoms with E-state index in [0.717, 1.165) is 6.42 Å². The van der Waals surface area contributed by atoms with Crippen LogP contribution >= 0.6 is 0 Å². The summed E-state index contributed by atoms with van der Waals surface area (Å²) in [5, 5.41) is 0. The first-order valence-electron chi connectivity index (χ1n) is 6.37. The maximum atomic E-state index is 6.08. The molecule has 0 aromatic rings. The zero-order valence-electron chi connectivity index (χ0n) is 12.0. The van der Waals surface area contributed by atoms with E-state index in [2.05, 4.69) is 27.7 Å². The van der Waals surface area contributed by atoms with Gasteiger partial charge in [0.25, 0.3) is 0 Å². The fourth-order valence-corrected chi connectivity index (χ4v) is 1.71.